The molecule has 0 bridgehead atoms. The van der Waals surface area contributed by atoms with Crippen LogP contribution in [-0.2, 0) is 0 Å². The number of aromatic nitrogens is 2. The summed E-state index contributed by atoms with van der Waals surface area (Å²) < 4.78 is 5.25. The average molecular weight is 257 g/mol. The Morgan fingerprint density at radius 1 is 1.22 bits per heavy atom. The number of aryl methyl sites for hydroxylation is 1. The molecule has 0 amide bonds. The second-order valence-electron chi connectivity index (χ2n) is 3.92. The van der Waals surface area contributed by atoms with Gasteiger partial charge in [0.1, 0.15) is 6.26 Å². The van der Waals surface area contributed by atoms with E-state index in [-0.39, 0.29) is 0 Å². The predicted molar refractivity (Wildman–Crippen MR) is 71.5 cm³/mol. The highest BCUT2D eigenvalue weighted by Gasteiger charge is 2.08. The minimum absolute atomic E-state index is 0.621. The van der Waals surface area contributed by atoms with E-state index in [4.69, 9.17) is 10.2 Å². The zero-order chi connectivity index (χ0) is 12.5. The number of hydrogen-bond acceptors (Lipinski definition) is 5. The lowest BCUT2D eigenvalue weighted by Gasteiger charge is -2.07. The SMILES string of the molecule is Cc1cc2c(Sc3ncco3)ccc(N)c2cn1. The minimum Gasteiger partial charge on any atom is -0.440 e. The molecule has 0 aliphatic rings. The number of fused-ring (bicyclic) bond motifs is 1. The summed E-state index contributed by atoms with van der Waals surface area (Å²) in [6.07, 6.45) is 5.00. The van der Waals surface area contributed by atoms with Crippen LogP contribution in [0.5, 0.6) is 0 Å². The van der Waals surface area contributed by atoms with Crippen LogP contribution in [0, 0.1) is 6.92 Å². The Kier molecular flexibility index (Phi) is 2.68. The molecule has 3 rings (SSSR count). The molecule has 0 spiro atoms. The third kappa shape index (κ3) is 1.93. The van der Waals surface area contributed by atoms with Crippen molar-refractivity contribution in [1.82, 2.24) is 9.97 Å². The normalized spacial score (nSPS) is 10.9. The standard InChI is InChI=1S/C13H11N3OS/c1-8-6-9-10(7-16-8)11(14)2-3-12(9)18-13-15-4-5-17-13/h2-7H,14H2,1H3. The molecule has 5 heteroatoms. The van der Waals surface area contributed by atoms with Crippen molar-refractivity contribution in [2.24, 2.45) is 0 Å². The molecular formula is C13H11N3OS. The highest BCUT2D eigenvalue weighted by molar-refractivity contribution is 7.99. The maximum absolute atomic E-state index is 5.96. The summed E-state index contributed by atoms with van der Waals surface area (Å²) in [7, 11) is 0. The minimum atomic E-state index is 0.621. The van der Waals surface area contributed by atoms with Gasteiger partial charge in [0.2, 0.25) is 0 Å². The van der Waals surface area contributed by atoms with Crippen LogP contribution in [0.15, 0.2) is 51.4 Å². The second kappa shape index (κ2) is 4.34. The number of hydrogen-bond donors (Lipinski definition) is 1. The van der Waals surface area contributed by atoms with Gasteiger partial charge in [-0.05, 0) is 36.9 Å². The van der Waals surface area contributed by atoms with E-state index in [1.165, 1.54) is 11.8 Å². The summed E-state index contributed by atoms with van der Waals surface area (Å²) in [5.41, 5.74) is 7.65. The Labute approximate surface area is 108 Å². The fourth-order valence-corrected chi connectivity index (χ4v) is 2.60. The molecule has 0 aliphatic heterocycles. The fourth-order valence-electron chi connectivity index (χ4n) is 1.78. The van der Waals surface area contributed by atoms with Crippen LogP contribution in [0.4, 0.5) is 5.69 Å². The summed E-state index contributed by atoms with van der Waals surface area (Å²) in [6.45, 7) is 1.96. The van der Waals surface area contributed by atoms with Gasteiger partial charge in [-0.25, -0.2) is 4.98 Å². The van der Waals surface area contributed by atoms with Crippen molar-refractivity contribution in [2.45, 2.75) is 17.0 Å². The largest absolute Gasteiger partial charge is 0.440 e. The average Bonchev–Trinajstić information content (AvgIpc) is 2.86. The summed E-state index contributed by atoms with van der Waals surface area (Å²) >= 11 is 1.48. The maximum atomic E-state index is 5.96. The Hall–Kier alpha value is -2.01. The lowest BCUT2D eigenvalue weighted by Crippen LogP contribution is -1.90. The van der Waals surface area contributed by atoms with Gasteiger partial charge in [0.15, 0.2) is 0 Å². The van der Waals surface area contributed by atoms with Crippen LogP contribution in [0.3, 0.4) is 0 Å². The van der Waals surface area contributed by atoms with E-state index in [0.29, 0.717) is 5.22 Å². The molecule has 3 aromatic rings. The third-order valence-corrected chi connectivity index (χ3v) is 3.59. The van der Waals surface area contributed by atoms with Gasteiger partial charge in [-0.3, -0.25) is 4.98 Å². The van der Waals surface area contributed by atoms with Gasteiger partial charge >= 0.3 is 0 Å². The van der Waals surface area contributed by atoms with E-state index < -0.39 is 0 Å². The number of anilines is 1. The summed E-state index contributed by atoms with van der Waals surface area (Å²) in [5.74, 6) is 0. The number of nitrogens with zero attached hydrogens (tertiary/aromatic N) is 2. The van der Waals surface area contributed by atoms with Gasteiger partial charge < -0.3 is 10.2 Å². The van der Waals surface area contributed by atoms with Crippen molar-refractivity contribution < 1.29 is 4.42 Å². The number of rotatable bonds is 2. The first-order valence-corrected chi connectivity index (χ1v) is 6.28. The number of pyridine rings is 1. The van der Waals surface area contributed by atoms with Crippen LogP contribution >= 0.6 is 11.8 Å². The first-order valence-electron chi connectivity index (χ1n) is 5.46. The molecule has 0 saturated carbocycles. The first-order chi connectivity index (χ1) is 8.74. The lowest BCUT2D eigenvalue weighted by molar-refractivity contribution is 0.454. The van der Waals surface area contributed by atoms with Crippen molar-refractivity contribution in [3.05, 3.63) is 42.5 Å². The lowest BCUT2D eigenvalue weighted by atomic mass is 10.1. The first kappa shape index (κ1) is 11.1. The molecule has 0 saturated heterocycles. The molecule has 0 atom stereocenters. The van der Waals surface area contributed by atoms with Crippen LogP contribution in [0.1, 0.15) is 5.69 Å². The number of nitrogens with two attached hydrogens (primary N) is 1. The molecule has 0 fully saturated rings. The van der Waals surface area contributed by atoms with Gasteiger partial charge in [0.05, 0.1) is 6.20 Å². The molecule has 0 radical (unpaired) electrons. The summed E-state index contributed by atoms with van der Waals surface area (Å²) in [5, 5.41) is 2.65. The Morgan fingerprint density at radius 2 is 2.11 bits per heavy atom. The summed E-state index contributed by atoms with van der Waals surface area (Å²) in [6, 6.07) is 5.88. The van der Waals surface area contributed by atoms with Crippen molar-refractivity contribution in [3.63, 3.8) is 0 Å². The Bertz CT molecular complexity index is 695. The van der Waals surface area contributed by atoms with Gasteiger partial charge in [-0.2, -0.15) is 0 Å². The molecule has 1 aromatic carbocycles. The highest BCUT2D eigenvalue weighted by atomic mass is 32.2. The fraction of sp³-hybridized carbons (Fsp3) is 0.0769. The van der Waals surface area contributed by atoms with Crippen molar-refractivity contribution in [2.75, 3.05) is 5.73 Å². The van der Waals surface area contributed by atoms with E-state index in [2.05, 4.69) is 9.97 Å². The Morgan fingerprint density at radius 3 is 2.89 bits per heavy atom. The molecule has 18 heavy (non-hydrogen) atoms. The van der Waals surface area contributed by atoms with Crippen LogP contribution in [0.2, 0.25) is 0 Å². The van der Waals surface area contributed by atoms with Crippen molar-refractivity contribution >= 4 is 28.2 Å². The van der Waals surface area contributed by atoms with Crippen LogP contribution < -0.4 is 5.73 Å². The Balaban J connectivity index is 2.17. The maximum Gasteiger partial charge on any atom is 0.260 e. The van der Waals surface area contributed by atoms with Crippen LogP contribution in [-0.4, -0.2) is 9.97 Å². The predicted octanol–water partition coefficient (Wildman–Crippen LogP) is 3.26. The van der Waals surface area contributed by atoms with E-state index in [1.54, 1.807) is 18.7 Å². The topological polar surface area (TPSA) is 64.9 Å². The van der Waals surface area contributed by atoms with Gasteiger partial charge in [0.25, 0.3) is 5.22 Å². The molecule has 4 nitrogen and oxygen atoms in total. The van der Waals surface area contributed by atoms with Crippen LogP contribution in [0.25, 0.3) is 10.8 Å². The smallest absolute Gasteiger partial charge is 0.260 e. The summed E-state index contributed by atoms with van der Waals surface area (Å²) in [4.78, 5) is 9.45. The molecule has 0 aliphatic carbocycles. The van der Waals surface area contributed by atoms with Gasteiger partial charge in [-0.15, -0.1) is 0 Å². The molecule has 2 aromatic heterocycles. The second-order valence-corrected chi connectivity index (χ2v) is 4.92. The van der Waals surface area contributed by atoms with Crippen molar-refractivity contribution in [1.29, 1.82) is 0 Å². The number of benzene rings is 1. The zero-order valence-electron chi connectivity index (χ0n) is 9.75. The molecule has 0 unspecified atom stereocenters. The molecule has 90 valence electrons. The number of nitrogen functional groups attached to an aromatic ring is 1. The van der Waals surface area contributed by atoms with E-state index in [9.17, 15) is 0 Å². The van der Waals surface area contributed by atoms with Crippen molar-refractivity contribution in [3.8, 4) is 0 Å². The van der Waals surface area contributed by atoms with Gasteiger partial charge in [0, 0.05) is 33.2 Å². The number of oxazole rings is 1. The van der Waals surface area contributed by atoms with E-state index in [0.717, 1.165) is 27.0 Å². The monoisotopic (exact) mass is 257 g/mol. The van der Waals surface area contributed by atoms with E-state index >= 15 is 0 Å². The molecule has 2 N–H and O–H groups in total. The zero-order valence-corrected chi connectivity index (χ0v) is 10.6. The van der Waals surface area contributed by atoms with E-state index in [1.807, 2.05) is 25.1 Å². The highest BCUT2D eigenvalue weighted by Crippen LogP contribution is 2.34. The quantitative estimate of drug-likeness (QED) is 0.714. The molecule has 2 heterocycles. The molecular weight excluding hydrogens is 246 g/mol. The third-order valence-electron chi connectivity index (χ3n) is 2.64. The van der Waals surface area contributed by atoms with Gasteiger partial charge in [-0.1, -0.05) is 0 Å².